The summed E-state index contributed by atoms with van der Waals surface area (Å²) in [5.41, 5.74) is 2.50. The van der Waals surface area contributed by atoms with Gasteiger partial charge in [0.1, 0.15) is 6.10 Å². The first-order chi connectivity index (χ1) is 11.3. The maximum atomic E-state index is 12.6. The summed E-state index contributed by atoms with van der Waals surface area (Å²) >= 11 is 0. The van der Waals surface area contributed by atoms with E-state index in [1.807, 2.05) is 26.0 Å². The summed E-state index contributed by atoms with van der Waals surface area (Å²) in [6, 6.07) is 1.72. The number of allylic oxidation sites excluding steroid dienone is 1. The minimum Gasteiger partial charge on any atom is -0.454 e. The molecule has 1 aromatic heterocycles. The highest BCUT2D eigenvalue weighted by Crippen LogP contribution is 2.35. The Hall–Kier alpha value is -1.97. The first-order valence-corrected chi connectivity index (χ1v) is 8.71. The van der Waals surface area contributed by atoms with E-state index in [1.54, 1.807) is 6.07 Å². The lowest BCUT2D eigenvalue weighted by molar-refractivity contribution is 0.0392. The summed E-state index contributed by atoms with van der Waals surface area (Å²) in [5.74, 6) is -0.209. The van der Waals surface area contributed by atoms with Gasteiger partial charge >= 0.3 is 5.97 Å². The third-order valence-electron chi connectivity index (χ3n) is 4.71. The maximum Gasteiger partial charge on any atom is 0.340 e. The smallest absolute Gasteiger partial charge is 0.340 e. The molecule has 0 bridgehead atoms. The predicted molar refractivity (Wildman–Crippen MR) is 92.3 cm³/mol. The summed E-state index contributed by atoms with van der Waals surface area (Å²) in [6.45, 7) is 8.19. The molecule has 1 heterocycles. The highest BCUT2D eigenvalue weighted by Gasteiger charge is 2.34. The van der Waals surface area contributed by atoms with Crippen LogP contribution in [0.3, 0.4) is 0 Å². The second-order valence-corrected chi connectivity index (χ2v) is 7.96. The van der Waals surface area contributed by atoms with Gasteiger partial charge in [0.05, 0.1) is 17.0 Å². The molecule has 0 aromatic carbocycles. The fraction of sp³-hybridized carbons (Fsp3) is 0.550. The zero-order chi connectivity index (χ0) is 17.5. The van der Waals surface area contributed by atoms with Crippen LogP contribution in [0.5, 0.6) is 0 Å². The van der Waals surface area contributed by atoms with E-state index in [1.165, 1.54) is 0 Å². The van der Waals surface area contributed by atoms with Crippen LogP contribution in [-0.2, 0) is 11.2 Å². The van der Waals surface area contributed by atoms with E-state index < -0.39 is 0 Å². The van der Waals surface area contributed by atoms with Gasteiger partial charge in [0, 0.05) is 12.0 Å². The van der Waals surface area contributed by atoms with Crippen molar-refractivity contribution in [2.24, 2.45) is 5.41 Å². The number of Topliss-reactive ketones (excluding diaryl/α,β-unsaturated/α-hetero) is 1. The van der Waals surface area contributed by atoms with E-state index in [0.29, 0.717) is 17.5 Å². The molecular formula is C20H25NO3. The molecule has 1 unspecified atom stereocenters. The van der Waals surface area contributed by atoms with Crippen LogP contribution < -0.4 is 0 Å². The highest BCUT2D eigenvalue weighted by molar-refractivity contribution is 6.01. The fourth-order valence-corrected chi connectivity index (χ4v) is 3.50. The van der Waals surface area contributed by atoms with Crippen molar-refractivity contribution in [2.75, 3.05) is 0 Å². The molecule has 4 nitrogen and oxygen atoms in total. The standard InChI is InChI=1S/C20H25NO3/c1-12(2)18-15(19(23)24-13-7-5-6-8-13)9-14-16(21-18)10-20(3,4)11-17(14)22/h5,7,9,12-13H,6,8,10-11H2,1-4H3. The number of fused-ring (bicyclic) bond motifs is 1. The van der Waals surface area contributed by atoms with E-state index in [4.69, 9.17) is 9.72 Å². The zero-order valence-corrected chi connectivity index (χ0v) is 14.9. The van der Waals surface area contributed by atoms with Gasteiger partial charge in [0.25, 0.3) is 0 Å². The third kappa shape index (κ3) is 3.28. The molecule has 0 radical (unpaired) electrons. The molecule has 0 N–H and O–H groups in total. The molecule has 128 valence electrons. The van der Waals surface area contributed by atoms with Crippen molar-refractivity contribution in [3.8, 4) is 0 Å². The van der Waals surface area contributed by atoms with Crippen LogP contribution in [-0.4, -0.2) is 22.8 Å². The van der Waals surface area contributed by atoms with Gasteiger partial charge in [-0.25, -0.2) is 4.79 Å². The van der Waals surface area contributed by atoms with Crippen molar-refractivity contribution < 1.29 is 14.3 Å². The molecule has 0 fully saturated rings. The van der Waals surface area contributed by atoms with E-state index in [0.717, 1.165) is 30.7 Å². The molecule has 0 saturated heterocycles. The zero-order valence-electron chi connectivity index (χ0n) is 14.9. The average molecular weight is 327 g/mol. The average Bonchev–Trinajstić information content (AvgIpc) is 2.97. The largest absolute Gasteiger partial charge is 0.454 e. The van der Waals surface area contributed by atoms with Crippen molar-refractivity contribution in [1.82, 2.24) is 4.98 Å². The molecule has 3 rings (SSSR count). The lowest BCUT2D eigenvalue weighted by Gasteiger charge is -2.30. The van der Waals surface area contributed by atoms with E-state index in [9.17, 15) is 9.59 Å². The Labute approximate surface area is 143 Å². The number of rotatable bonds is 3. The number of esters is 1. The molecule has 0 amide bonds. The molecule has 1 aromatic rings. The number of aromatic nitrogens is 1. The Morgan fingerprint density at radius 1 is 1.33 bits per heavy atom. The van der Waals surface area contributed by atoms with E-state index in [2.05, 4.69) is 13.8 Å². The van der Waals surface area contributed by atoms with Crippen molar-refractivity contribution in [1.29, 1.82) is 0 Å². The summed E-state index contributed by atoms with van der Waals surface area (Å²) in [6.07, 6.45) is 6.80. The molecule has 24 heavy (non-hydrogen) atoms. The van der Waals surface area contributed by atoms with Gasteiger partial charge in [-0.05, 0) is 42.7 Å². The Morgan fingerprint density at radius 2 is 2.08 bits per heavy atom. The van der Waals surface area contributed by atoms with Crippen molar-refractivity contribution in [2.45, 2.75) is 65.4 Å². The molecule has 0 spiro atoms. The third-order valence-corrected chi connectivity index (χ3v) is 4.71. The topological polar surface area (TPSA) is 56.3 Å². The quantitative estimate of drug-likeness (QED) is 0.615. The van der Waals surface area contributed by atoms with Gasteiger partial charge in [0.2, 0.25) is 0 Å². The number of pyridine rings is 1. The van der Waals surface area contributed by atoms with E-state index in [-0.39, 0.29) is 29.2 Å². The Bertz CT molecular complexity index is 716. The second kappa shape index (κ2) is 6.15. The molecule has 1 atom stereocenters. The first-order valence-electron chi connectivity index (χ1n) is 8.71. The molecule has 0 aliphatic heterocycles. The number of hydrogen-bond donors (Lipinski definition) is 0. The Kier molecular flexibility index (Phi) is 4.33. The minimum atomic E-state index is -0.372. The first kappa shape index (κ1) is 16.9. The van der Waals surface area contributed by atoms with Crippen LogP contribution in [0.25, 0.3) is 0 Å². The van der Waals surface area contributed by atoms with Crippen LogP contribution in [0.15, 0.2) is 18.2 Å². The van der Waals surface area contributed by atoms with Crippen molar-refractivity contribution in [3.05, 3.63) is 40.7 Å². The Morgan fingerprint density at radius 3 is 2.71 bits per heavy atom. The number of ether oxygens (including phenoxy) is 1. The van der Waals surface area contributed by atoms with Gasteiger partial charge in [-0.2, -0.15) is 0 Å². The number of nitrogens with zero attached hydrogens (tertiary/aromatic N) is 1. The lowest BCUT2D eigenvalue weighted by Crippen LogP contribution is -2.29. The SMILES string of the molecule is CC(C)c1nc2c(cc1C(=O)OC1C=CCC1)C(=O)CC(C)(C)C2. The fourth-order valence-electron chi connectivity index (χ4n) is 3.50. The van der Waals surface area contributed by atoms with Gasteiger partial charge in [-0.15, -0.1) is 0 Å². The summed E-state index contributed by atoms with van der Waals surface area (Å²) < 4.78 is 5.58. The van der Waals surface area contributed by atoms with Gasteiger partial charge < -0.3 is 4.74 Å². The van der Waals surface area contributed by atoms with E-state index >= 15 is 0 Å². The second-order valence-electron chi connectivity index (χ2n) is 7.96. The number of carbonyl (C=O) groups excluding carboxylic acids is 2. The van der Waals surface area contributed by atoms with Crippen molar-refractivity contribution in [3.63, 3.8) is 0 Å². The van der Waals surface area contributed by atoms with Crippen LogP contribution in [0.1, 0.15) is 85.0 Å². The van der Waals surface area contributed by atoms with Crippen LogP contribution in [0.2, 0.25) is 0 Å². The molecule has 2 aliphatic carbocycles. The molecular weight excluding hydrogens is 302 g/mol. The minimum absolute atomic E-state index is 0.0684. The predicted octanol–water partition coefficient (Wildman–Crippen LogP) is 4.24. The summed E-state index contributed by atoms with van der Waals surface area (Å²) in [5, 5.41) is 0. The van der Waals surface area contributed by atoms with Gasteiger partial charge in [-0.3, -0.25) is 9.78 Å². The van der Waals surface area contributed by atoms with Gasteiger partial charge in [0.15, 0.2) is 5.78 Å². The number of hydrogen-bond acceptors (Lipinski definition) is 4. The highest BCUT2D eigenvalue weighted by atomic mass is 16.5. The molecule has 0 saturated carbocycles. The van der Waals surface area contributed by atoms with Gasteiger partial charge in [-0.1, -0.05) is 33.8 Å². The van der Waals surface area contributed by atoms with Crippen LogP contribution in [0, 0.1) is 5.41 Å². The van der Waals surface area contributed by atoms with Crippen LogP contribution in [0.4, 0.5) is 0 Å². The van der Waals surface area contributed by atoms with Crippen molar-refractivity contribution >= 4 is 11.8 Å². The molecule has 4 heteroatoms. The normalized spacial score (nSPS) is 21.9. The summed E-state index contributed by atoms with van der Waals surface area (Å²) in [4.78, 5) is 29.9. The summed E-state index contributed by atoms with van der Waals surface area (Å²) in [7, 11) is 0. The monoisotopic (exact) mass is 327 g/mol. The number of ketones is 1. The lowest BCUT2D eigenvalue weighted by atomic mass is 9.75. The molecule has 2 aliphatic rings. The maximum absolute atomic E-state index is 12.6. The Balaban J connectivity index is 1.99. The van der Waals surface area contributed by atoms with Crippen LogP contribution >= 0.6 is 0 Å². The number of carbonyl (C=O) groups is 2.